The van der Waals surface area contributed by atoms with Gasteiger partial charge in [-0.3, -0.25) is 9.59 Å². The number of hydrogen-bond acceptors (Lipinski definition) is 4. The van der Waals surface area contributed by atoms with E-state index < -0.39 is 5.41 Å². The van der Waals surface area contributed by atoms with Crippen LogP contribution in [0.5, 0.6) is 0 Å². The summed E-state index contributed by atoms with van der Waals surface area (Å²) in [6, 6.07) is 11.6. The number of ketones is 1. The van der Waals surface area contributed by atoms with Gasteiger partial charge in [-0.1, -0.05) is 42.8 Å². The number of fused-ring (bicyclic) bond motifs is 1. The Balaban J connectivity index is 1.46. The van der Waals surface area contributed by atoms with E-state index in [1.54, 1.807) is 23.9 Å². The Hall–Kier alpha value is -2.37. The molecule has 0 saturated carbocycles. The Morgan fingerprint density at radius 1 is 1.19 bits per heavy atom. The molecular weight excluding hydrogens is 440 g/mol. The van der Waals surface area contributed by atoms with Gasteiger partial charge < -0.3 is 5.32 Å². The lowest BCUT2D eigenvalue weighted by atomic mass is 9.67. The fraction of sp³-hybridized carbons (Fsp3) is 0.346. The molecule has 4 rings (SSSR count). The number of nitrogens with zero attached hydrogens (tertiary/aromatic N) is 1. The number of aryl methyl sites for hydroxylation is 1. The maximum Gasteiger partial charge on any atom is 0.229 e. The van der Waals surface area contributed by atoms with Gasteiger partial charge >= 0.3 is 0 Å². The van der Waals surface area contributed by atoms with Crippen LogP contribution < -0.4 is 5.32 Å². The van der Waals surface area contributed by atoms with E-state index in [1.807, 2.05) is 37.3 Å². The first-order chi connectivity index (χ1) is 15.4. The summed E-state index contributed by atoms with van der Waals surface area (Å²) in [4.78, 5) is 31.7. The van der Waals surface area contributed by atoms with Gasteiger partial charge in [-0.25, -0.2) is 4.98 Å². The van der Waals surface area contributed by atoms with Crippen molar-refractivity contribution in [3.63, 3.8) is 0 Å². The Labute approximate surface area is 198 Å². The minimum Gasteiger partial charge on any atom is -0.310 e. The van der Waals surface area contributed by atoms with Crippen LogP contribution in [0.4, 0.5) is 5.82 Å². The zero-order chi connectivity index (χ0) is 22.7. The predicted molar refractivity (Wildman–Crippen MR) is 131 cm³/mol. The predicted octanol–water partition coefficient (Wildman–Crippen LogP) is 6.35. The van der Waals surface area contributed by atoms with Gasteiger partial charge in [-0.15, -0.1) is 11.8 Å². The summed E-state index contributed by atoms with van der Waals surface area (Å²) in [7, 11) is 0. The highest BCUT2D eigenvalue weighted by molar-refractivity contribution is 7.99. The lowest BCUT2D eigenvalue weighted by molar-refractivity contribution is -0.115. The standard InChI is InChI=1S/C26H27ClN2O2S/c1-3-32-18-10-8-17(9-11-18)16-24(30)29-23-13-12-19-22(28-23)14-15-26(2,25(19)31)20-6-4-5-7-21(20)27/h4,6,8-13H,3,5,7,14-16H2,1-2H3,(H,28,29,30). The number of benzene rings is 1. The van der Waals surface area contributed by atoms with Crippen LogP contribution in [0, 0.1) is 5.41 Å². The molecule has 0 aliphatic heterocycles. The number of pyridine rings is 1. The second-order valence-corrected chi connectivity index (χ2v) is 10.2. The van der Waals surface area contributed by atoms with Gasteiger partial charge in [0, 0.05) is 15.5 Å². The molecule has 6 heteroatoms. The van der Waals surface area contributed by atoms with Crippen LogP contribution in [0.25, 0.3) is 0 Å². The lowest BCUT2D eigenvalue weighted by Gasteiger charge is -2.35. The molecule has 1 unspecified atom stereocenters. The fourth-order valence-corrected chi connectivity index (χ4v) is 5.41. The first kappa shape index (κ1) is 22.8. The van der Waals surface area contributed by atoms with Crippen molar-refractivity contribution in [3.05, 3.63) is 76.0 Å². The molecule has 166 valence electrons. The summed E-state index contributed by atoms with van der Waals surface area (Å²) in [5.74, 6) is 1.43. The lowest BCUT2D eigenvalue weighted by Crippen LogP contribution is -2.36. The number of anilines is 1. The van der Waals surface area contributed by atoms with E-state index in [9.17, 15) is 9.59 Å². The van der Waals surface area contributed by atoms with E-state index in [1.165, 1.54) is 4.90 Å². The fourth-order valence-electron chi connectivity index (χ4n) is 4.37. The van der Waals surface area contributed by atoms with Crippen LogP contribution >= 0.6 is 23.4 Å². The molecule has 0 saturated heterocycles. The zero-order valence-electron chi connectivity index (χ0n) is 18.4. The Kier molecular flexibility index (Phi) is 6.87. The largest absolute Gasteiger partial charge is 0.310 e. The highest BCUT2D eigenvalue weighted by atomic mass is 35.5. The third-order valence-corrected chi connectivity index (χ3v) is 7.44. The smallest absolute Gasteiger partial charge is 0.229 e. The normalized spacial score (nSPS) is 20.3. The molecule has 1 N–H and O–H groups in total. The minimum atomic E-state index is -0.629. The van der Waals surface area contributed by atoms with E-state index in [2.05, 4.69) is 23.3 Å². The monoisotopic (exact) mass is 466 g/mol. The number of Topliss-reactive ketones (excluding diaryl/α,β-unsaturated/α-hetero) is 1. The maximum atomic E-state index is 13.4. The Morgan fingerprint density at radius 2 is 1.97 bits per heavy atom. The van der Waals surface area contributed by atoms with Crippen LogP contribution in [-0.4, -0.2) is 22.4 Å². The van der Waals surface area contributed by atoms with Gasteiger partial charge in [0.2, 0.25) is 5.91 Å². The van der Waals surface area contributed by atoms with Crippen molar-refractivity contribution in [3.8, 4) is 0 Å². The maximum absolute atomic E-state index is 13.4. The topological polar surface area (TPSA) is 59.1 Å². The van der Waals surface area contributed by atoms with E-state index in [4.69, 9.17) is 11.6 Å². The number of carbonyl (C=O) groups excluding carboxylic acids is 2. The van der Waals surface area contributed by atoms with Crippen LogP contribution in [-0.2, 0) is 17.6 Å². The number of halogens is 1. The number of hydrogen-bond donors (Lipinski definition) is 1. The summed E-state index contributed by atoms with van der Waals surface area (Å²) in [5.41, 5.74) is 2.62. The molecule has 32 heavy (non-hydrogen) atoms. The number of amides is 1. The number of carbonyl (C=O) groups is 2. The number of aromatic nitrogens is 1. The third-order valence-electron chi connectivity index (χ3n) is 6.15. The average Bonchev–Trinajstić information content (AvgIpc) is 2.78. The van der Waals surface area contributed by atoms with Crippen LogP contribution in [0.3, 0.4) is 0 Å². The van der Waals surface area contributed by atoms with Crippen LogP contribution in [0.1, 0.15) is 54.7 Å². The van der Waals surface area contributed by atoms with E-state index in [0.717, 1.165) is 40.5 Å². The minimum absolute atomic E-state index is 0.0499. The van der Waals surface area contributed by atoms with Crippen molar-refractivity contribution in [1.29, 1.82) is 0 Å². The number of allylic oxidation sites excluding steroid dienone is 4. The molecule has 2 aliphatic carbocycles. The second-order valence-electron chi connectivity index (χ2n) is 8.41. The molecule has 1 atom stereocenters. The molecule has 4 nitrogen and oxygen atoms in total. The SMILES string of the molecule is CCSc1ccc(CC(=O)Nc2ccc3c(n2)CCC(C)(C2=C(Cl)CCC=C2)C3=O)cc1. The average molecular weight is 467 g/mol. The number of thioether (sulfide) groups is 1. The number of nitrogens with one attached hydrogen (secondary N) is 1. The van der Waals surface area contributed by atoms with Gasteiger partial charge in [0.05, 0.1) is 17.5 Å². The molecule has 0 radical (unpaired) electrons. The van der Waals surface area contributed by atoms with Crippen LogP contribution in [0.15, 0.2) is 64.1 Å². The van der Waals surface area contributed by atoms with Crippen molar-refractivity contribution in [2.75, 3.05) is 11.1 Å². The van der Waals surface area contributed by atoms with Crippen LogP contribution in [0.2, 0.25) is 0 Å². The molecular formula is C26H27ClN2O2S. The van der Waals surface area contributed by atoms with Gasteiger partial charge in [0.15, 0.2) is 5.78 Å². The molecule has 0 spiro atoms. The van der Waals surface area contributed by atoms with Gasteiger partial charge in [0.25, 0.3) is 0 Å². The molecule has 1 heterocycles. The summed E-state index contributed by atoms with van der Waals surface area (Å²) < 4.78 is 0. The van der Waals surface area contributed by atoms with Gasteiger partial charge in [-0.2, -0.15) is 0 Å². The second kappa shape index (κ2) is 9.63. The highest BCUT2D eigenvalue weighted by Gasteiger charge is 2.42. The Bertz CT molecular complexity index is 1110. The van der Waals surface area contributed by atoms with E-state index in [0.29, 0.717) is 24.2 Å². The summed E-state index contributed by atoms with van der Waals surface area (Å²) in [6.45, 7) is 4.09. The molecule has 0 fully saturated rings. The molecule has 2 aromatic rings. The quantitative estimate of drug-likeness (QED) is 0.503. The van der Waals surface area contributed by atoms with Crippen molar-refractivity contribution in [1.82, 2.24) is 4.98 Å². The Morgan fingerprint density at radius 3 is 2.69 bits per heavy atom. The van der Waals surface area contributed by atoms with Crippen molar-refractivity contribution < 1.29 is 9.59 Å². The summed E-state index contributed by atoms with van der Waals surface area (Å²) in [5, 5.41) is 3.66. The summed E-state index contributed by atoms with van der Waals surface area (Å²) >= 11 is 8.26. The summed E-state index contributed by atoms with van der Waals surface area (Å²) in [6.07, 6.45) is 7.39. The van der Waals surface area contributed by atoms with Gasteiger partial charge in [0.1, 0.15) is 5.82 Å². The van der Waals surface area contributed by atoms with E-state index >= 15 is 0 Å². The number of rotatable bonds is 6. The first-order valence-corrected chi connectivity index (χ1v) is 12.4. The molecule has 1 aromatic carbocycles. The zero-order valence-corrected chi connectivity index (χ0v) is 20.0. The first-order valence-electron chi connectivity index (χ1n) is 11.0. The van der Waals surface area contributed by atoms with Crippen molar-refractivity contribution in [2.45, 2.75) is 50.8 Å². The highest BCUT2D eigenvalue weighted by Crippen LogP contribution is 2.45. The van der Waals surface area contributed by atoms with Gasteiger partial charge in [-0.05, 0) is 73.8 Å². The molecule has 2 aliphatic rings. The van der Waals surface area contributed by atoms with Crippen molar-refractivity contribution in [2.24, 2.45) is 5.41 Å². The van der Waals surface area contributed by atoms with Crippen molar-refractivity contribution >= 4 is 40.9 Å². The third kappa shape index (κ3) is 4.69. The van der Waals surface area contributed by atoms with E-state index in [-0.39, 0.29) is 18.1 Å². The molecule has 1 aromatic heterocycles. The molecule has 0 bridgehead atoms. The molecule has 1 amide bonds.